The largest absolute Gasteiger partial charge is 0.333 e. The molecule has 0 radical (unpaired) electrons. The average Bonchev–Trinajstić information content (AvgIpc) is 2.92. The van der Waals surface area contributed by atoms with Gasteiger partial charge in [-0.1, -0.05) is 23.9 Å². The van der Waals surface area contributed by atoms with E-state index < -0.39 is 0 Å². The summed E-state index contributed by atoms with van der Waals surface area (Å²) in [5.74, 6) is 0. The van der Waals surface area contributed by atoms with Crippen LogP contribution in [0, 0.1) is 0 Å². The Morgan fingerprint density at radius 3 is 2.58 bits per heavy atom. The molecule has 102 valence electrons. The number of aromatic amines is 1. The van der Waals surface area contributed by atoms with Crippen LogP contribution in [0.3, 0.4) is 0 Å². The number of H-pyrrole nitrogens is 1. The highest BCUT2D eigenvalue weighted by Crippen LogP contribution is 2.36. The van der Waals surface area contributed by atoms with Crippen LogP contribution in [-0.2, 0) is 0 Å². The average molecular weight is 296 g/mol. The van der Waals surface area contributed by atoms with E-state index in [1.807, 2.05) is 17.8 Å². The first kappa shape index (κ1) is 13.3. The zero-order chi connectivity index (χ0) is 11.9. The molecule has 0 saturated carbocycles. The van der Waals surface area contributed by atoms with Crippen LogP contribution in [0.15, 0.2) is 29.4 Å². The van der Waals surface area contributed by atoms with E-state index in [1.54, 1.807) is 0 Å². The second-order valence-electron chi connectivity index (χ2n) is 5.41. The van der Waals surface area contributed by atoms with E-state index >= 15 is 0 Å². The van der Waals surface area contributed by atoms with E-state index in [9.17, 15) is 0 Å². The highest BCUT2D eigenvalue weighted by molar-refractivity contribution is 7.99. The van der Waals surface area contributed by atoms with E-state index in [2.05, 4.69) is 33.5 Å². The maximum Gasteiger partial charge on any atom is 0.166 e. The third-order valence-electron chi connectivity index (χ3n) is 4.08. The third kappa shape index (κ3) is 2.62. The van der Waals surface area contributed by atoms with Gasteiger partial charge in [0.2, 0.25) is 0 Å². The summed E-state index contributed by atoms with van der Waals surface area (Å²) in [6.07, 6.45) is 5.31. The number of para-hydroxylation sites is 2. The Morgan fingerprint density at radius 1 is 1.11 bits per heavy atom. The van der Waals surface area contributed by atoms with E-state index in [0.29, 0.717) is 0 Å². The Balaban J connectivity index is 0.00000110. The molecule has 1 aromatic heterocycles. The molecule has 0 spiro atoms. The number of hydrogen-bond donors (Lipinski definition) is 2. The van der Waals surface area contributed by atoms with E-state index in [1.165, 1.54) is 25.7 Å². The lowest BCUT2D eigenvalue weighted by molar-refractivity contribution is 0.414. The molecule has 2 aliphatic rings. The van der Waals surface area contributed by atoms with Crippen LogP contribution in [0.5, 0.6) is 0 Å². The Kier molecular flexibility index (Phi) is 3.74. The molecule has 1 aromatic carbocycles. The molecule has 3 nitrogen and oxygen atoms in total. The van der Waals surface area contributed by atoms with Gasteiger partial charge in [-0.2, -0.15) is 0 Å². The number of benzene rings is 1. The fourth-order valence-electron chi connectivity index (χ4n) is 3.24. The topological polar surface area (TPSA) is 40.7 Å². The molecular formula is C14H18ClN3S. The number of thioether (sulfide) groups is 1. The van der Waals surface area contributed by atoms with Crippen LogP contribution in [0.25, 0.3) is 11.0 Å². The van der Waals surface area contributed by atoms with Crippen molar-refractivity contribution in [3.05, 3.63) is 24.3 Å². The standard InChI is InChI=1S/C14H17N3S.ClH/c1-2-4-13-12(3-1)16-14(17-13)18-11-7-9-5-6-10(8-11)15-9;/h1-4,9-11,15H,5-8H2,(H,16,17);1H. The summed E-state index contributed by atoms with van der Waals surface area (Å²) in [6.45, 7) is 0. The number of hydrogen-bond acceptors (Lipinski definition) is 3. The zero-order valence-electron chi connectivity index (χ0n) is 10.6. The Hall–Kier alpha value is -0.710. The first-order valence-corrected chi connectivity index (χ1v) is 7.62. The molecule has 2 aromatic rings. The molecule has 5 heteroatoms. The monoisotopic (exact) mass is 295 g/mol. The van der Waals surface area contributed by atoms with E-state index in [0.717, 1.165) is 33.5 Å². The summed E-state index contributed by atoms with van der Waals surface area (Å²) >= 11 is 1.93. The minimum absolute atomic E-state index is 0. The van der Waals surface area contributed by atoms with Gasteiger partial charge in [-0.15, -0.1) is 12.4 Å². The predicted octanol–water partition coefficient (Wildman–Crippen LogP) is 3.36. The minimum Gasteiger partial charge on any atom is -0.333 e. The van der Waals surface area contributed by atoms with E-state index in [-0.39, 0.29) is 12.4 Å². The SMILES string of the molecule is Cl.c1ccc2[nH]c(SC3CC4CCC(C3)N4)nc2c1. The van der Waals surface area contributed by atoms with Crippen LogP contribution in [0.2, 0.25) is 0 Å². The normalized spacial score (nSPS) is 29.4. The van der Waals surface area contributed by atoms with Crippen LogP contribution in [0.4, 0.5) is 0 Å². The molecule has 19 heavy (non-hydrogen) atoms. The van der Waals surface area contributed by atoms with Crippen LogP contribution < -0.4 is 5.32 Å². The summed E-state index contributed by atoms with van der Waals surface area (Å²) in [5, 5.41) is 5.50. The Morgan fingerprint density at radius 2 is 1.84 bits per heavy atom. The van der Waals surface area contributed by atoms with Gasteiger partial charge in [-0.3, -0.25) is 0 Å². The number of nitrogens with one attached hydrogen (secondary N) is 2. The minimum atomic E-state index is 0. The number of aromatic nitrogens is 2. The van der Waals surface area contributed by atoms with Gasteiger partial charge in [0.25, 0.3) is 0 Å². The van der Waals surface area contributed by atoms with Crippen molar-refractivity contribution in [2.24, 2.45) is 0 Å². The summed E-state index contributed by atoms with van der Waals surface area (Å²) in [7, 11) is 0. The lowest BCUT2D eigenvalue weighted by atomic mass is 10.1. The summed E-state index contributed by atoms with van der Waals surface area (Å²) in [4.78, 5) is 8.09. The van der Waals surface area contributed by atoms with Crippen molar-refractivity contribution in [1.29, 1.82) is 0 Å². The van der Waals surface area contributed by atoms with Crippen LogP contribution >= 0.6 is 24.2 Å². The molecule has 0 amide bonds. The van der Waals surface area contributed by atoms with Crippen molar-refractivity contribution in [2.75, 3.05) is 0 Å². The second kappa shape index (κ2) is 5.35. The van der Waals surface area contributed by atoms with E-state index in [4.69, 9.17) is 0 Å². The number of imidazole rings is 1. The van der Waals surface area contributed by atoms with Gasteiger partial charge in [-0.25, -0.2) is 4.98 Å². The number of piperidine rings is 1. The fourth-order valence-corrected chi connectivity index (χ4v) is 4.54. The van der Waals surface area contributed by atoms with Crippen molar-refractivity contribution < 1.29 is 0 Å². The molecular weight excluding hydrogens is 278 g/mol. The molecule has 2 fully saturated rings. The molecule has 2 saturated heterocycles. The van der Waals surface area contributed by atoms with Crippen molar-refractivity contribution in [2.45, 2.75) is 48.2 Å². The van der Waals surface area contributed by atoms with Gasteiger partial charge in [0.15, 0.2) is 5.16 Å². The number of rotatable bonds is 2. The van der Waals surface area contributed by atoms with Crippen LogP contribution in [0.1, 0.15) is 25.7 Å². The van der Waals surface area contributed by atoms with Crippen molar-refractivity contribution >= 4 is 35.2 Å². The zero-order valence-corrected chi connectivity index (χ0v) is 12.3. The summed E-state index contributed by atoms with van der Waals surface area (Å²) < 4.78 is 0. The second-order valence-corrected chi connectivity index (χ2v) is 6.70. The van der Waals surface area contributed by atoms with Crippen molar-refractivity contribution in [3.8, 4) is 0 Å². The number of halogens is 1. The van der Waals surface area contributed by atoms with Crippen LogP contribution in [-0.4, -0.2) is 27.3 Å². The lowest BCUT2D eigenvalue weighted by Gasteiger charge is -2.27. The Bertz CT molecular complexity index is 526. The number of fused-ring (bicyclic) bond motifs is 3. The predicted molar refractivity (Wildman–Crippen MR) is 82.2 cm³/mol. The molecule has 2 N–H and O–H groups in total. The molecule has 4 rings (SSSR count). The first-order chi connectivity index (χ1) is 8.87. The smallest absolute Gasteiger partial charge is 0.166 e. The van der Waals surface area contributed by atoms with Gasteiger partial charge in [0.05, 0.1) is 11.0 Å². The Labute approximate surface area is 123 Å². The molecule has 2 bridgehead atoms. The summed E-state index contributed by atoms with van der Waals surface area (Å²) in [6, 6.07) is 9.78. The first-order valence-electron chi connectivity index (χ1n) is 6.74. The molecule has 2 atom stereocenters. The van der Waals surface area contributed by atoms with Gasteiger partial charge < -0.3 is 10.3 Å². The quantitative estimate of drug-likeness (QED) is 0.892. The maximum atomic E-state index is 4.66. The molecule has 2 unspecified atom stereocenters. The highest BCUT2D eigenvalue weighted by Gasteiger charge is 2.34. The van der Waals surface area contributed by atoms with Gasteiger partial charge in [-0.05, 0) is 37.8 Å². The number of nitrogens with zero attached hydrogens (tertiary/aromatic N) is 1. The van der Waals surface area contributed by atoms with Gasteiger partial charge in [0.1, 0.15) is 0 Å². The molecule has 2 aliphatic heterocycles. The van der Waals surface area contributed by atoms with Gasteiger partial charge >= 0.3 is 0 Å². The maximum absolute atomic E-state index is 4.66. The third-order valence-corrected chi connectivity index (χ3v) is 5.21. The van der Waals surface area contributed by atoms with Crippen molar-refractivity contribution in [3.63, 3.8) is 0 Å². The van der Waals surface area contributed by atoms with Crippen molar-refractivity contribution in [1.82, 2.24) is 15.3 Å². The fraction of sp³-hybridized carbons (Fsp3) is 0.500. The molecule has 3 heterocycles. The van der Waals surface area contributed by atoms with Gasteiger partial charge in [0, 0.05) is 17.3 Å². The lowest BCUT2D eigenvalue weighted by Crippen LogP contribution is -2.39. The highest BCUT2D eigenvalue weighted by atomic mass is 35.5. The summed E-state index contributed by atoms with van der Waals surface area (Å²) in [5.41, 5.74) is 2.23. The molecule has 0 aliphatic carbocycles.